The van der Waals surface area contributed by atoms with E-state index < -0.39 is 0 Å². The Morgan fingerprint density at radius 3 is 2.69 bits per heavy atom. The number of carbonyl (C=O) groups excluding carboxylic acids is 1. The van der Waals surface area contributed by atoms with Crippen molar-refractivity contribution in [3.63, 3.8) is 0 Å². The van der Waals surface area contributed by atoms with Gasteiger partial charge in [0, 0.05) is 17.8 Å². The highest BCUT2D eigenvalue weighted by Gasteiger charge is 2.14. The van der Waals surface area contributed by atoms with Crippen LogP contribution in [0.4, 0.5) is 11.1 Å². The zero-order valence-electron chi connectivity index (χ0n) is 13.3. The second-order valence-corrected chi connectivity index (χ2v) is 7.11. The molecule has 0 radical (unpaired) electrons. The smallest absolute Gasteiger partial charge is 0.267 e. The maximum atomic E-state index is 12.5. The number of nitrogen functional groups attached to an aromatic ring is 1. The summed E-state index contributed by atoms with van der Waals surface area (Å²) in [5.41, 5.74) is 7.79. The number of rotatable bonds is 4. The van der Waals surface area contributed by atoms with Crippen molar-refractivity contribution in [1.82, 2.24) is 19.9 Å². The van der Waals surface area contributed by atoms with E-state index >= 15 is 0 Å². The predicted molar refractivity (Wildman–Crippen MR) is 103 cm³/mol. The molecule has 0 fully saturated rings. The summed E-state index contributed by atoms with van der Waals surface area (Å²) in [6.45, 7) is 0. The fourth-order valence-corrected chi connectivity index (χ4v) is 3.80. The van der Waals surface area contributed by atoms with E-state index in [-0.39, 0.29) is 11.9 Å². The monoisotopic (exact) mass is 380 g/mol. The molecule has 0 aliphatic carbocycles. The Morgan fingerprint density at radius 1 is 0.962 bits per heavy atom. The van der Waals surface area contributed by atoms with Gasteiger partial charge in [-0.05, 0) is 30.3 Å². The summed E-state index contributed by atoms with van der Waals surface area (Å²) in [6.07, 6.45) is 3.30. The van der Waals surface area contributed by atoms with Crippen LogP contribution < -0.4 is 11.1 Å². The van der Waals surface area contributed by atoms with E-state index in [9.17, 15) is 4.79 Å². The van der Waals surface area contributed by atoms with Crippen LogP contribution >= 0.6 is 22.7 Å². The number of nitrogens with two attached hydrogens (primary N) is 1. The number of nitrogens with zero attached hydrogens (tertiary/aromatic N) is 4. The van der Waals surface area contributed by atoms with Crippen LogP contribution in [0.15, 0.2) is 54.2 Å². The SMILES string of the molecule is Nc1nccc(-c2ccc(C(=O)Nc3nc(-c4ccccn4)cs3)s2)n1. The van der Waals surface area contributed by atoms with E-state index in [2.05, 4.69) is 25.3 Å². The summed E-state index contributed by atoms with van der Waals surface area (Å²) in [4.78, 5) is 30.6. The normalized spacial score (nSPS) is 10.6. The Balaban J connectivity index is 1.50. The average molecular weight is 380 g/mol. The van der Waals surface area contributed by atoms with Crippen molar-refractivity contribution in [1.29, 1.82) is 0 Å². The number of thiazole rings is 1. The molecule has 4 aromatic heterocycles. The van der Waals surface area contributed by atoms with E-state index in [4.69, 9.17) is 5.73 Å². The Bertz CT molecular complexity index is 1060. The molecule has 4 aromatic rings. The molecule has 0 aromatic carbocycles. The number of carbonyl (C=O) groups is 1. The largest absolute Gasteiger partial charge is 0.368 e. The van der Waals surface area contributed by atoms with Gasteiger partial charge in [-0.3, -0.25) is 15.1 Å². The number of aromatic nitrogens is 4. The summed E-state index contributed by atoms with van der Waals surface area (Å²) in [5, 5.41) is 5.21. The Hall–Kier alpha value is -3.17. The fraction of sp³-hybridized carbons (Fsp3) is 0. The molecule has 0 aliphatic rings. The molecule has 7 nitrogen and oxygen atoms in total. The van der Waals surface area contributed by atoms with Gasteiger partial charge in [0.2, 0.25) is 5.95 Å². The first-order valence-electron chi connectivity index (χ1n) is 7.56. The van der Waals surface area contributed by atoms with Gasteiger partial charge in [-0.25, -0.2) is 15.0 Å². The van der Waals surface area contributed by atoms with Crippen LogP contribution in [0, 0.1) is 0 Å². The average Bonchev–Trinajstić information content (AvgIpc) is 3.32. The highest BCUT2D eigenvalue weighted by molar-refractivity contribution is 7.17. The van der Waals surface area contributed by atoms with Gasteiger partial charge >= 0.3 is 0 Å². The first-order valence-corrected chi connectivity index (χ1v) is 9.26. The van der Waals surface area contributed by atoms with Crippen molar-refractivity contribution in [2.75, 3.05) is 11.1 Å². The van der Waals surface area contributed by atoms with Crippen LogP contribution in [0.1, 0.15) is 9.67 Å². The van der Waals surface area contributed by atoms with Crippen molar-refractivity contribution in [2.24, 2.45) is 0 Å². The van der Waals surface area contributed by atoms with Gasteiger partial charge in [-0.2, -0.15) is 0 Å². The predicted octanol–water partition coefficient (Wildman–Crippen LogP) is 3.56. The topological polar surface area (TPSA) is 107 Å². The molecule has 1 amide bonds. The molecule has 0 bridgehead atoms. The maximum Gasteiger partial charge on any atom is 0.267 e. The lowest BCUT2D eigenvalue weighted by molar-refractivity contribution is 0.103. The van der Waals surface area contributed by atoms with E-state index in [0.717, 1.165) is 16.3 Å². The first-order chi connectivity index (χ1) is 12.7. The Kier molecular flexibility index (Phi) is 4.38. The molecule has 0 spiro atoms. The third kappa shape index (κ3) is 3.44. The lowest BCUT2D eigenvalue weighted by Gasteiger charge is -1.99. The number of hydrogen-bond acceptors (Lipinski definition) is 8. The van der Waals surface area contributed by atoms with Crippen molar-refractivity contribution in [3.05, 3.63) is 59.0 Å². The molecule has 3 N–H and O–H groups in total. The minimum atomic E-state index is -0.217. The molecular formula is C17H12N6OS2. The van der Waals surface area contributed by atoms with Crippen molar-refractivity contribution in [2.45, 2.75) is 0 Å². The van der Waals surface area contributed by atoms with E-state index in [0.29, 0.717) is 15.7 Å². The van der Waals surface area contributed by atoms with Gasteiger partial charge in [0.25, 0.3) is 5.91 Å². The van der Waals surface area contributed by atoms with E-state index in [1.807, 2.05) is 29.6 Å². The summed E-state index contributed by atoms with van der Waals surface area (Å²) in [7, 11) is 0. The minimum absolute atomic E-state index is 0.201. The summed E-state index contributed by atoms with van der Waals surface area (Å²) >= 11 is 2.69. The standard InChI is InChI=1S/C17H12N6OS2/c18-16-20-8-6-11(21-16)13-4-5-14(26-13)15(24)23-17-22-12(9-25-17)10-3-1-2-7-19-10/h1-9H,(H2,18,20,21)(H,22,23,24). The lowest BCUT2D eigenvalue weighted by Crippen LogP contribution is -2.09. The maximum absolute atomic E-state index is 12.5. The van der Waals surface area contributed by atoms with Gasteiger partial charge < -0.3 is 5.73 Å². The van der Waals surface area contributed by atoms with Crippen LogP contribution in [0.3, 0.4) is 0 Å². The first kappa shape index (κ1) is 16.3. The second-order valence-electron chi connectivity index (χ2n) is 5.17. The van der Waals surface area contributed by atoms with Gasteiger partial charge in [0.05, 0.1) is 21.1 Å². The molecule has 4 heterocycles. The van der Waals surface area contributed by atoms with E-state index in [1.165, 1.54) is 22.7 Å². The lowest BCUT2D eigenvalue weighted by atomic mass is 10.3. The van der Waals surface area contributed by atoms with Gasteiger partial charge in [-0.1, -0.05) is 6.07 Å². The fourth-order valence-electron chi connectivity index (χ4n) is 2.23. The Morgan fingerprint density at radius 2 is 1.88 bits per heavy atom. The number of thiophene rings is 1. The van der Waals surface area contributed by atoms with E-state index in [1.54, 1.807) is 24.5 Å². The third-order valence-corrected chi connectivity index (χ3v) is 5.27. The molecule has 0 saturated carbocycles. The number of anilines is 2. The molecular weight excluding hydrogens is 368 g/mol. The zero-order chi connectivity index (χ0) is 17.9. The highest BCUT2D eigenvalue weighted by atomic mass is 32.1. The molecule has 26 heavy (non-hydrogen) atoms. The van der Waals surface area contributed by atoms with Crippen molar-refractivity contribution >= 4 is 39.7 Å². The molecule has 128 valence electrons. The van der Waals surface area contributed by atoms with Crippen LogP contribution in [0.25, 0.3) is 22.0 Å². The summed E-state index contributed by atoms with van der Waals surface area (Å²) < 4.78 is 0. The van der Waals surface area contributed by atoms with Gasteiger partial charge in [0.15, 0.2) is 5.13 Å². The third-order valence-electron chi connectivity index (χ3n) is 3.41. The quantitative estimate of drug-likeness (QED) is 0.561. The van der Waals surface area contributed by atoms with Crippen LogP contribution in [0.2, 0.25) is 0 Å². The zero-order valence-corrected chi connectivity index (χ0v) is 14.9. The molecule has 0 atom stereocenters. The molecule has 9 heteroatoms. The van der Waals surface area contributed by atoms with Gasteiger partial charge in [0.1, 0.15) is 5.69 Å². The molecule has 0 unspecified atom stereocenters. The van der Waals surface area contributed by atoms with Crippen LogP contribution in [-0.4, -0.2) is 25.8 Å². The number of nitrogens with one attached hydrogen (secondary N) is 1. The number of hydrogen-bond donors (Lipinski definition) is 2. The number of amides is 1. The molecule has 0 aliphatic heterocycles. The molecule has 0 saturated heterocycles. The van der Waals surface area contributed by atoms with Crippen LogP contribution in [-0.2, 0) is 0 Å². The summed E-state index contributed by atoms with van der Waals surface area (Å²) in [5.74, 6) is -0.0167. The van der Waals surface area contributed by atoms with Crippen molar-refractivity contribution < 1.29 is 4.79 Å². The van der Waals surface area contributed by atoms with Crippen LogP contribution in [0.5, 0.6) is 0 Å². The number of pyridine rings is 1. The minimum Gasteiger partial charge on any atom is -0.368 e. The summed E-state index contributed by atoms with van der Waals surface area (Å²) in [6, 6.07) is 11.0. The van der Waals surface area contributed by atoms with Gasteiger partial charge in [-0.15, -0.1) is 22.7 Å². The second kappa shape index (κ2) is 6.98. The van der Waals surface area contributed by atoms with Crippen molar-refractivity contribution in [3.8, 4) is 22.0 Å². The highest BCUT2D eigenvalue weighted by Crippen LogP contribution is 2.28. The molecule has 4 rings (SSSR count). The Labute approximate surface area is 156 Å².